The second-order valence-electron chi connectivity index (χ2n) is 4.51. The van der Waals surface area contributed by atoms with Gasteiger partial charge in [-0.3, -0.25) is 10.1 Å². The number of hydrogen-bond acceptors (Lipinski definition) is 3. The molecule has 5 heteroatoms. The minimum atomic E-state index is -0.337. The first kappa shape index (κ1) is 13.3. The Labute approximate surface area is 112 Å². The molecule has 0 saturated carbocycles. The summed E-state index contributed by atoms with van der Waals surface area (Å²) in [5.74, 6) is 0. The normalized spacial score (nSPS) is 12.3. The number of nitro groups is 1. The molecule has 1 N–H and O–H groups in total. The Morgan fingerprint density at radius 3 is 2.79 bits per heavy atom. The summed E-state index contributed by atoms with van der Waals surface area (Å²) in [7, 11) is 1.91. The van der Waals surface area contributed by atoms with Gasteiger partial charge in [0.25, 0.3) is 5.69 Å². The first-order valence-corrected chi connectivity index (χ1v) is 6.17. The standard InChI is InChI=1S/C14H17N3O2/c1-11(15-2)12-7-8-16(9-12)10-13-5-3-4-6-14(13)17(18)19/h3-9,11,15H,10H2,1-2H3. The maximum absolute atomic E-state index is 11.0. The van der Waals surface area contributed by atoms with Crippen molar-refractivity contribution < 1.29 is 4.92 Å². The summed E-state index contributed by atoms with van der Waals surface area (Å²) in [5, 5.41) is 14.1. The van der Waals surface area contributed by atoms with Crippen LogP contribution in [0.15, 0.2) is 42.7 Å². The van der Waals surface area contributed by atoms with Crippen molar-refractivity contribution in [1.29, 1.82) is 0 Å². The van der Waals surface area contributed by atoms with E-state index in [9.17, 15) is 10.1 Å². The fourth-order valence-electron chi connectivity index (χ4n) is 2.00. The van der Waals surface area contributed by atoms with Crippen LogP contribution in [0.25, 0.3) is 0 Å². The molecule has 0 bridgehead atoms. The van der Waals surface area contributed by atoms with Gasteiger partial charge in [-0.2, -0.15) is 0 Å². The van der Waals surface area contributed by atoms with Gasteiger partial charge in [0.15, 0.2) is 0 Å². The van der Waals surface area contributed by atoms with Crippen LogP contribution in [0.3, 0.4) is 0 Å². The summed E-state index contributed by atoms with van der Waals surface area (Å²) in [5.41, 5.74) is 2.05. The first-order chi connectivity index (χ1) is 9.11. The van der Waals surface area contributed by atoms with Gasteiger partial charge in [-0.05, 0) is 25.6 Å². The van der Waals surface area contributed by atoms with Crippen molar-refractivity contribution in [2.75, 3.05) is 7.05 Å². The van der Waals surface area contributed by atoms with Gasteiger partial charge >= 0.3 is 0 Å². The van der Waals surface area contributed by atoms with Crippen molar-refractivity contribution in [2.24, 2.45) is 0 Å². The van der Waals surface area contributed by atoms with Crippen molar-refractivity contribution in [3.05, 3.63) is 64.0 Å². The Balaban J connectivity index is 2.22. The highest BCUT2D eigenvalue weighted by molar-refractivity contribution is 5.40. The van der Waals surface area contributed by atoms with E-state index < -0.39 is 0 Å². The van der Waals surface area contributed by atoms with Crippen molar-refractivity contribution in [1.82, 2.24) is 9.88 Å². The molecule has 1 atom stereocenters. The number of hydrogen-bond donors (Lipinski definition) is 1. The van der Waals surface area contributed by atoms with E-state index in [-0.39, 0.29) is 16.7 Å². The number of nitrogens with one attached hydrogen (secondary N) is 1. The lowest BCUT2D eigenvalue weighted by atomic mass is 10.2. The Hall–Kier alpha value is -2.14. The topological polar surface area (TPSA) is 60.1 Å². The summed E-state index contributed by atoms with van der Waals surface area (Å²) < 4.78 is 1.96. The highest BCUT2D eigenvalue weighted by atomic mass is 16.6. The molecule has 0 aliphatic carbocycles. The molecule has 1 heterocycles. The monoisotopic (exact) mass is 259 g/mol. The number of rotatable bonds is 5. The van der Waals surface area contributed by atoms with Crippen LogP contribution in [0, 0.1) is 10.1 Å². The molecule has 0 aliphatic heterocycles. The van der Waals surface area contributed by atoms with Gasteiger partial charge in [0.1, 0.15) is 0 Å². The summed E-state index contributed by atoms with van der Waals surface area (Å²) >= 11 is 0. The van der Waals surface area contributed by atoms with Crippen molar-refractivity contribution in [3.8, 4) is 0 Å². The van der Waals surface area contributed by atoms with Crippen molar-refractivity contribution >= 4 is 5.69 Å². The van der Waals surface area contributed by atoms with E-state index in [1.54, 1.807) is 12.1 Å². The van der Waals surface area contributed by atoms with E-state index in [1.165, 1.54) is 11.6 Å². The Morgan fingerprint density at radius 2 is 2.11 bits per heavy atom. The number of nitro benzene ring substituents is 1. The Morgan fingerprint density at radius 1 is 1.37 bits per heavy atom. The van der Waals surface area contributed by atoms with Crippen molar-refractivity contribution in [3.63, 3.8) is 0 Å². The van der Waals surface area contributed by atoms with Crippen LogP contribution in [-0.2, 0) is 6.54 Å². The van der Waals surface area contributed by atoms with Crippen LogP contribution in [0.5, 0.6) is 0 Å². The van der Waals surface area contributed by atoms with Gasteiger partial charge in [0.2, 0.25) is 0 Å². The van der Waals surface area contributed by atoms with Crippen LogP contribution in [0.4, 0.5) is 5.69 Å². The van der Waals surface area contributed by atoms with Crippen LogP contribution in [0.1, 0.15) is 24.1 Å². The SMILES string of the molecule is CNC(C)c1ccn(Cc2ccccc2[N+](=O)[O-])c1. The predicted octanol–water partition coefficient (Wildman–Crippen LogP) is 2.73. The third-order valence-corrected chi connectivity index (χ3v) is 3.25. The molecule has 1 unspecified atom stereocenters. The van der Waals surface area contributed by atoms with E-state index in [2.05, 4.69) is 12.2 Å². The van der Waals surface area contributed by atoms with Crippen LogP contribution >= 0.6 is 0 Å². The van der Waals surface area contributed by atoms with Gasteiger partial charge in [0.05, 0.1) is 11.5 Å². The minimum Gasteiger partial charge on any atom is -0.349 e. The molecule has 19 heavy (non-hydrogen) atoms. The van der Waals surface area contributed by atoms with Gasteiger partial charge in [-0.1, -0.05) is 18.2 Å². The second-order valence-corrected chi connectivity index (χ2v) is 4.51. The molecule has 1 aromatic heterocycles. The number of aromatic nitrogens is 1. The maximum atomic E-state index is 11.0. The Kier molecular flexibility index (Phi) is 3.97. The van der Waals surface area contributed by atoms with E-state index in [4.69, 9.17) is 0 Å². The van der Waals surface area contributed by atoms with E-state index in [0.29, 0.717) is 12.1 Å². The minimum absolute atomic E-state index is 0.166. The number of benzene rings is 1. The smallest absolute Gasteiger partial charge is 0.274 e. The molecule has 100 valence electrons. The summed E-state index contributed by atoms with van der Waals surface area (Å²) in [6.07, 6.45) is 3.96. The molecule has 2 aromatic rings. The van der Waals surface area contributed by atoms with Crippen LogP contribution in [0.2, 0.25) is 0 Å². The highest BCUT2D eigenvalue weighted by Gasteiger charge is 2.13. The second kappa shape index (κ2) is 5.67. The molecule has 5 nitrogen and oxygen atoms in total. The molecular weight excluding hydrogens is 242 g/mol. The van der Waals surface area contributed by atoms with Gasteiger partial charge in [-0.25, -0.2) is 0 Å². The summed E-state index contributed by atoms with van der Waals surface area (Å²) in [4.78, 5) is 10.6. The van der Waals surface area contributed by atoms with Crippen LogP contribution < -0.4 is 5.32 Å². The average molecular weight is 259 g/mol. The first-order valence-electron chi connectivity index (χ1n) is 6.17. The quantitative estimate of drug-likeness (QED) is 0.663. The number of para-hydroxylation sites is 1. The van der Waals surface area contributed by atoms with Gasteiger partial charge < -0.3 is 9.88 Å². The molecule has 0 radical (unpaired) electrons. The number of nitrogens with zero attached hydrogens (tertiary/aromatic N) is 2. The lowest BCUT2D eigenvalue weighted by Gasteiger charge is -2.07. The lowest BCUT2D eigenvalue weighted by Crippen LogP contribution is -2.11. The molecule has 1 aromatic carbocycles. The van der Waals surface area contributed by atoms with E-state index in [1.807, 2.05) is 36.1 Å². The molecule has 0 fully saturated rings. The highest BCUT2D eigenvalue weighted by Crippen LogP contribution is 2.20. The fraction of sp³-hybridized carbons (Fsp3) is 0.286. The Bertz CT molecular complexity index is 578. The van der Waals surface area contributed by atoms with E-state index >= 15 is 0 Å². The summed E-state index contributed by atoms with van der Waals surface area (Å²) in [6, 6.07) is 9.13. The summed E-state index contributed by atoms with van der Waals surface area (Å²) in [6.45, 7) is 2.58. The molecule has 0 amide bonds. The van der Waals surface area contributed by atoms with E-state index in [0.717, 1.165) is 0 Å². The van der Waals surface area contributed by atoms with Gasteiger partial charge in [0, 0.05) is 30.1 Å². The zero-order valence-electron chi connectivity index (χ0n) is 11.0. The fourth-order valence-corrected chi connectivity index (χ4v) is 2.00. The third-order valence-electron chi connectivity index (χ3n) is 3.25. The van der Waals surface area contributed by atoms with Gasteiger partial charge in [-0.15, -0.1) is 0 Å². The zero-order chi connectivity index (χ0) is 13.8. The lowest BCUT2D eigenvalue weighted by molar-refractivity contribution is -0.385. The van der Waals surface area contributed by atoms with Crippen LogP contribution in [-0.4, -0.2) is 16.5 Å². The molecular formula is C14H17N3O2. The third kappa shape index (κ3) is 3.00. The molecule has 0 saturated heterocycles. The molecule has 0 spiro atoms. The maximum Gasteiger partial charge on any atom is 0.274 e. The molecule has 0 aliphatic rings. The largest absolute Gasteiger partial charge is 0.349 e. The average Bonchev–Trinajstić information content (AvgIpc) is 2.86. The molecule has 2 rings (SSSR count). The predicted molar refractivity (Wildman–Crippen MR) is 74.1 cm³/mol. The zero-order valence-corrected chi connectivity index (χ0v) is 11.0. The van der Waals surface area contributed by atoms with Crippen molar-refractivity contribution in [2.45, 2.75) is 19.5 Å².